The quantitative estimate of drug-likeness (QED) is 0.463. The van der Waals surface area contributed by atoms with Gasteiger partial charge in [-0.05, 0) is 31.0 Å². The van der Waals surface area contributed by atoms with Crippen molar-refractivity contribution in [2.24, 2.45) is 12.0 Å². The van der Waals surface area contributed by atoms with Crippen molar-refractivity contribution < 1.29 is 4.79 Å². The summed E-state index contributed by atoms with van der Waals surface area (Å²) in [5, 5.41) is 4.10. The van der Waals surface area contributed by atoms with Gasteiger partial charge in [0.2, 0.25) is 5.78 Å². The van der Waals surface area contributed by atoms with Crippen molar-refractivity contribution in [1.29, 1.82) is 0 Å². The van der Waals surface area contributed by atoms with Crippen LogP contribution in [-0.4, -0.2) is 55.4 Å². The summed E-state index contributed by atoms with van der Waals surface area (Å²) >= 11 is 0. The number of H-pyrrole nitrogens is 1. The standard InChI is InChI=1S/C25H25N7O2/c1-30-14-18(17-5-2-3-6-20(17)30)23(33)19-13-22(28-15-27-19)31-11-8-16(9-12-31)32-21-7-4-10-26-24(21)29-25(32)34/h2-7,10,13-14,16,27H,8-9,11-12,15H2,1H3,(H,26,29,34). The first-order valence-electron chi connectivity index (χ1n) is 11.5. The van der Waals surface area contributed by atoms with E-state index in [2.05, 4.69) is 25.2 Å². The fraction of sp³-hybridized carbons (Fsp3) is 0.280. The highest BCUT2D eigenvalue weighted by Gasteiger charge is 2.27. The van der Waals surface area contributed by atoms with Crippen molar-refractivity contribution in [3.63, 3.8) is 0 Å². The number of aliphatic imine (C=N–C) groups is 1. The van der Waals surface area contributed by atoms with Crippen molar-refractivity contribution in [3.8, 4) is 0 Å². The van der Waals surface area contributed by atoms with Crippen molar-refractivity contribution in [1.82, 2.24) is 29.3 Å². The number of aromatic amines is 1. The van der Waals surface area contributed by atoms with Gasteiger partial charge in [-0.25, -0.2) is 14.8 Å². The summed E-state index contributed by atoms with van der Waals surface area (Å²) in [5.41, 5.74) is 3.62. The van der Waals surface area contributed by atoms with Crippen molar-refractivity contribution in [3.05, 3.63) is 76.6 Å². The van der Waals surface area contributed by atoms with Crippen LogP contribution in [0.3, 0.4) is 0 Å². The number of imidazole rings is 1. The molecule has 4 aromatic rings. The number of para-hydroxylation sites is 1. The molecule has 2 aliphatic heterocycles. The van der Waals surface area contributed by atoms with Gasteiger partial charge in [-0.2, -0.15) is 0 Å². The number of Topliss-reactive ketones (excluding diaryl/α,β-unsaturated/α-hetero) is 1. The maximum atomic E-state index is 13.4. The SMILES string of the molecule is Cn1cc(C(=O)C2=CC(N3CCC(n4c(=O)[nH]c5ncccc54)CC3)=NCN2)c2ccccc21. The lowest BCUT2D eigenvalue weighted by molar-refractivity contribution is 0.102. The Morgan fingerprint density at radius 3 is 2.74 bits per heavy atom. The lowest BCUT2D eigenvalue weighted by Crippen LogP contribution is -2.42. The number of hydrogen-bond acceptors (Lipinski definition) is 6. The molecule has 172 valence electrons. The highest BCUT2D eigenvalue weighted by Crippen LogP contribution is 2.26. The van der Waals surface area contributed by atoms with Crippen LogP contribution in [0.2, 0.25) is 0 Å². The highest BCUT2D eigenvalue weighted by molar-refractivity contribution is 6.18. The number of amidine groups is 1. The molecular weight excluding hydrogens is 430 g/mol. The van der Waals surface area contributed by atoms with Crippen LogP contribution in [0.15, 0.2) is 70.4 Å². The summed E-state index contributed by atoms with van der Waals surface area (Å²) < 4.78 is 3.81. The van der Waals surface area contributed by atoms with Crippen LogP contribution in [0.5, 0.6) is 0 Å². The predicted octanol–water partition coefficient (Wildman–Crippen LogP) is 2.58. The lowest BCUT2D eigenvalue weighted by atomic mass is 10.0. The largest absolute Gasteiger partial charge is 0.363 e. The van der Waals surface area contributed by atoms with E-state index in [1.807, 2.05) is 64.9 Å². The Morgan fingerprint density at radius 2 is 1.88 bits per heavy atom. The number of fused-ring (bicyclic) bond motifs is 2. The van der Waals surface area contributed by atoms with E-state index in [1.165, 1.54) is 0 Å². The Balaban J connectivity index is 1.21. The molecule has 0 atom stereocenters. The Morgan fingerprint density at radius 1 is 1.09 bits per heavy atom. The number of hydrogen-bond donors (Lipinski definition) is 2. The van der Waals surface area contributed by atoms with E-state index in [0.29, 0.717) is 23.6 Å². The molecule has 0 amide bonds. The second-order valence-corrected chi connectivity index (χ2v) is 8.80. The molecule has 2 N–H and O–H groups in total. The average molecular weight is 456 g/mol. The van der Waals surface area contributed by atoms with E-state index in [-0.39, 0.29) is 17.5 Å². The number of aryl methyl sites for hydroxylation is 1. The fourth-order valence-corrected chi connectivity index (χ4v) is 5.11. The molecule has 6 rings (SSSR count). The van der Waals surface area contributed by atoms with Crippen molar-refractivity contribution in [2.45, 2.75) is 18.9 Å². The molecule has 0 unspecified atom stereocenters. The molecule has 0 aliphatic carbocycles. The maximum absolute atomic E-state index is 13.4. The first kappa shape index (κ1) is 20.5. The third kappa shape index (κ3) is 3.32. The first-order chi connectivity index (χ1) is 16.6. The number of carbonyl (C=O) groups excluding carboxylic acids is 1. The van der Waals surface area contributed by atoms with Crippen LogP contribution in [-0.2, 0) is 7.05 Å². The second kappa shape index (κ2) is 8.02. The van der Waals surface area contributed by atoms with Gasteiger partial charge in [0.25, 0.3) is 0 Å². The lowest BCUT2D eigenvalue weighted by Gasteiger charge is -2.34. The van der Waals surface area contributed by atoms with Gasteiger partial charge in [0.1, 0.15) is 12.5 Å². The van der Waals surface area contributed by atoms with Crippen LogP contribution < -0.4 is 11.0 Å². The Hall–Kier alpha value is -4.14. The number of aromatic nitrogens is 4. The molecule has 1 fully saturated rings. The van der Waals surface area contributed by atoms with E-state index in [4.69, 9.17) is 0 Å². The van der Waals surface area contributed by atoms with Gasteiger partial charge in [0.15, 0.2) is 5.65 Å². The second-order valence-electron chi connectivity index (χ2n) is 8.80. The average Bonchev–Trinajstić information content (AvgIpc) is 3.40. The third-order valence-corrected chi connectivity index (χ3v) is 6.81. The third-order valence-electron chi connectivity index (χ3n) is 6.81. The fourth-order valence-electron chi connectivity index (χ4n) is 5.11. The zero-order valence-corrected chi connectivity index (χ0v) is 18.9. The zero-order chi connectivity index (χ0) is 23.2. The van der Waals surface area contributed by atoms with Crippen LogP contribution in [0.4, 0.5) is 0 Å². The van der Waals surface area contributed by atoms with Crippen LogP contribution in [0.25, 0.3) is 22.1 Å². The number of pyridine rings is 1. The van der Waals surface area contributed by atoms with E-state index in [1.54, 1.807) is 6.20 Å². The van der Waals surface area contributed by atoms with Crippen LogP contribution >= 0.6 is 0 Å². The van der Waals surface area contributed by atoms with E-state index in [0.717, 1.165) is 48.2 Å². The van der Waals surface area contributed by atoms with Crippen molar-refractivity contribution >= 4 is 33.7 Å². The number of nitrogens with one attached hydrogen (secondary N) is 2. The summed E-state index contributed by atoms with van der Waals surface area (Å²) in [6, 6.07) is 11.8. The summed E-state index contributed by atoms with van der Waals surface area (Å²) in [6.07, 6.45) is 7.06. The number of benzene rings is 1. The van der Waals surface area contributed by atoms with E-state index >= 15 is 0 Å². The number of allylic oxidation sites excluding steroid dienone is 1. The molecule has 9 nitrogen and oxygen atoms in total. The number of carbonyl (C=O) groups is 1. The predicted molar refractivity (Wildman–Crippen MR) is 131 cm³/mol. The van der Waals surface area contributed by atoms with Gasteiger partial charge in [-0.3, -0.25) is 14.3 Å². The van der Waals surface area contributed by atoms with Gasteiger partial charge in [-0.1, -0.05) is 18.2 Å². The molecule has 0 bridgehead atoms. The van der Waals surface area contributed by atoms with Crippen LogP contribution in [0, 0.1) is 0 Å². The summed E-state index contributed by atoms with van der Waals surface area (Å²) in [5.74, 6) is 0.783. The molecule has 5 heterocycles. The minimum absolute atomic E-state index is 0.0306. The number of rotatable bonds is 3. The zero-order valence-electron chi connectivity index (χ0n) is 18.9. The summed E-state index contributed by atoms with van der Waals surface area (Å²) in [7, 11) is 1.95. The maximum Gasteiger partial charge on any atom is 0.327 e. The van der Waals surface area contributed by atoms with Crippen molar-refractivity contribution in [2.75, 3.05) is 19.8 Å². The topological polar surface area (TPSA) is 100 Å². The normalized spacial score (nSPS) is 17.0. The molecule has 9 heteroatoms. The minimum atomic E-state index is -0.116. The molecule has 0 spiro atoms. The highest BCUT2D eigenvalue weighted by atomic mass is 16.1. The van der Waals surface area contributed by atoms with Gasteiger partial charge in [0.05, 0.1) is 11.2 Å². The molecule has 2 aliphatic rings. The number of piperidine rings is 1. The monoisotopic (exact) mass is 455 g/mol. The minimum Gasteiger partial charge on any atom is -0.363 e. The van der Waals surface area contributed by atoms with Crippen LogP contribution in [0.1, 0.15) is 29.2 Å². The molecule has 0 radical (unpaired) electrons. The van der Waals surface area contributed by atoms with E-state index < -0.39 is 0 Å². The Labute approximate surface area is 195 Å². The summed E-state index contributed by atoms with van der Waals surface area (Å²) in [4.78, 5) is 39.8. The molecule has 34 heavy (non-hydrogen) atoms. The molecule has 0 saturated carbocycles. The van der Waals surface area contributed by atoms with E-state index in [9.17, 15) is 9.59 Å². The van der Waals surface area contributed by atoms with Gasteiger partial charge >= 0.3 is 5.69 Å². The Kier molecular flexibility index (Phi) is 4.83. The van der Waals surface area contributed by atoms with Gasteiger partial charge < -0.3 is 14.8 Å². The number of ketones is 1. The molecule has 1 saturated heterocycles. The first-order valence-corrected chi connectivity index (χ1v) is 11.5. The number of likely N-dealkylation sites (tertiary alicyclic amines) is 1. The molecule has 3 aromatic heterocycles. The Bertz CT molecular complexity index is 1530. The smallest absolute Gasteiger partial charge is 0.327 e. The molecule has 1 aromatic carbocycles. The van der Waals surface area contributed by atoms with Gasteiger partial charge in [-0.15, -0.1) is 0 Å². The van der Waals surface area contributed by atoms with Gasteiger partial charge in [0, 0.05) is 61.1 Å². The number of nitrogens with zero attached hydrogens (tertiary/aromatic N) is 5. The molecular formula is C25H25N7O2. The summed E-state index contributed by atoms with van der Waals surface area (Å²) in [6.45, 7) is 1.88.